The molecule has 2 aromatic carbocycles. The highest BCUT2D eigenvalue weighted by molar-refractivity contribution is 5.97. The number of benzene rings is 2. The van der Waals surface area contributed by atoms with E-state index in [1.165, 1.54) is 27.6 Å². The number of rotatable bonds is 8. The number of aryl methyl sites for hydroxylation is 1. The fraction of sp³-hybridized carbons (Fsp3) is 0.610. The van der Waals surface area contributed by atoms with Gasteiger partial charge in [-0.25, -0.2) is 9.59 Å². The number of carbonyl (C=O) groups excluding carboxylic acids is 2. The van der Waals surface area contributed by atoms with E-state index in [2.05, 4.69) is 63.3 Å². The molecule has 2 amide bonds. The predicted molar refractivity (Wildman–Crippen MR) is 205 cm³/mol. The molecule has 5 aliphatic heterocycles. The van der Waals surface area contributed by atoms with Gasteiger partial charge in [-0.15, -0.1) is 0 Å². The van der Waals surface area contributed by atoms with Crippen molar-refractivity contribution in [2.75, 3.05) is 56.2 Å². The number of carbonyl (C=O) groups is 2. The van der Waals surface area contributed by atoms with E-state index in [1.54, 1.807) is 7.05 Å². The number of nitrogens with one attached hydrogen (secondary N) is 1. The number of piperazine rings is 1. The topological polar surface area (TPSA) is 113 Å². The zero-order chi connectivity index (χ0) is 36.9. The normalized spacial score (nSPS) is 25.4. The zero-order valence-corrected chi connectivity index (χ0v) is 32.0. The van der Waals surface area contributed by atoms with Crippen LogP contribution in [0.2, 0.25) is 0 Å². The van der Waals surface area contributed by atoms with Crippen LogP contribution in [-0.4, -0.2) is 108 Å². The van der Waals surface area contributed by atoms with Crippen molar-refractivity contribution in [2.45, 2.75) is 115 Å². The summed E-state index contributed by atoms with van der Waals surface area (Å²) in [5.41, 5.74) is 4.12. The van der Waals surface area contributed by atoms with Gasteiger partial charge >= 0.3 is 18.2 Å². The Labute approximate surface area is 313 Å². The van der Waals surface area contributed by atoms with Crippen LogP contribution in [0.15, 0.2) is 36.4 Å². The average Bonchev–Trinajstić information content (AvgIpc) is 3.80. The molecule has 12 nitrogen and oxygen atoms in total. The summed E-state index contributed by atoms with van der Waals surface area (Å²) in [6, 6.07) is 14.0. The molecule has 3 aromatic rings. The first kappa shape index (κ1) is 35.7. The van der Waals surface area contributed by atoms with E-state index in [4.69, 9.17) is 24.2 Å². The number of fused-ring (bicyclic) bond motifs is 5. The molecule has 4 saturated heterocycles. The lowest BCUT2D eigenvalue weighted by Gasteiger charge is -2.43. The van der Waals surface area contributed by atoms with E-state index in [0.29, 0.717) is 38.9 Å². The molecular weight excluding hydrogens is 670 g/mol. The minimum absolute atomic E-state index is 0.0696. The van der Waals surface area contributed by atoms with Crippen LogP contribution in [0, 0.1) is 0 Å². The van der Waals surface area contributed by atoms with Gasteiger partial charge in [-0.2, -0.15) is 9.97 Å². The van der Waals surface area contributed by atoms with Gasteiger partial charge < -0.3 is 29.3 Å². The second-order valence-corrected chi connectivity index (χ2v) is 16.6. The molecule has 12 heteroatoms. The molecule has 284 valence electrons. The maximum atomic E-state index is 13.3. The summed E-state index contributed by atoms with van der Waals surface area (Å²) >= 11 is 0. The second-order valence-electron chi connectivity index (χ2n) is 16.6. The van der Waals surface area contributed by atoms with E-state index in [-0.39, 0.29) is 29.8 Å². The number of nitrogens with zero attached hydrogens (tertiary/aromatic N) is 6. The molecule has 4 fully saturated rings. The summed E-state index contributed by atoms with van der Waals surface area (Å²) in [6.07, 6.45) is 7.15. The van der Waals surface area contributed by atoms with Gasteiger partial charge in [0.1, 0.15) is 24.6 Å². The Bertz CT molecular complexity index is 1840. The van der Waals surface area contributed by atoms with Gasteiger partial charge in [-0.05, 0) is 95.7 Å². The largest absolute Gasteiger partial charge is 0.461 e. The lowest BCUT2D eigenvalue weighted by atomic mass is 9.95. The van der Waals surface area contributed by atoms with Crippen LogP contribution >= 0.6 is 0 Å². The highest BCUT2D eigenvalue weighted by atomic mass is 16.6. The van der Waals surface area contributed by atoms with Gasteiger partial charge in [-0.1, -0.05) is 37.3 Å². The summed E-state index contributed by atoms with van der Waals surface area (Å²) in [7, 11) is 1.59. The molecule has 8 rings (SSSR count). The number of aromatic nitrogens is 2. The maximum Gasteiger partial charge on any atom is 0.410 e. The fourth-order valence-corrected chi connectivity index (χ4v) is 9.80. The molecule has 2 bridgehead atoms. The predicted octanol–water partition coefficient (Wildman–Crippen LogP) is 6.07. The Morgan fingerprint density at radius 1 is 0.981 bits per heavy atom. The highest BCUT2D eigenvalue weighted by Crippen LogP contribution is 2.44. The zero-order valence-electron chi connectivity index (χ0n) is 32.0. The Balaban J connectivity index is 1.09. The van der Waals surface area contributed by atoms with Gasteiger partial charge in [0.25, 0.3) is 0 Å². The Morgan fingerprint density at radius 3 is 2.49 bits per heavy atom. The molecule has 0 unspecified atom stereocenters. The quantitative estimate of drug-likeness (QED) is 0.294. The summed E-state index contributed by atoms with van der Waals surface area (Å²) in [5, 5.41) is 5.14. The fourth-order valence-electron chi connectivity index (χ4n) is 9.80. The van der Waals surface area contributed by atoms with Crippen molar-refractivity contribution >= 4 is 34.5 Å². The van der Waals surface area contributed by atoms with Crippen LogP contribution < -0.4 is 19.9 Å². The number of alkyl carbamates (subject to hydrolysis) is 1. The molecule has 6 heterocycles. The Hall–Kier alpha value is -4.32. The van der Waals surface area contributed by atoms with Crippen LogP contribution in [0.1, 0.15) is 83.0 Å². The summed E-state index contributed by atoms with van der Waals surface area (Å²) < 4.78 is 18.0. The summed E-state index contributed by atoms with van der Waals surface area (Å²) in [6.45, 7) is 12.8. The van der Waals surface area contributed by atoms with Gasteiger partial charge in [0, 0.05) is 49.4 Å². The maximum absolute atomic E-state index is 13.3. The molecule has 4 atom stereocenters. The number of amides is 2. The lowest BCUT2D eigenvalue weighted by molar-refractivity contribution is 0.0122. The highest BCUT2D eigenvalue weighted by Gasteiger charge is 2.50. The molecule has 0 aliphatic carbocycles. The number of anilines is 2. The standard InChI is InChI=1S/C41H55N7O5/c1-6-27-10-7-11-28-12-8-13-34(35(27)28)45-21-17-32-33(24-45)43-37(52-26-41-18-9-20-47(41)31(16-19-41)25-51-38(49)42-5)44-36(32)46-22-29-14-15-30(23-46)48(29)39(50)53-40(2,3)4/h7-8,10-13,29-31H,6,9,14-26H2,1-5H3,(H,42,49)/t29-,30+,31-,41-/m1/s1. The van der Waals surface area contributed by atoms with Crippen molar-refractivity contribution in [1.82, 2.24) is 25.1 Å². The van der Waals surface area contributed by atoms with Crippen LogP contribution in [-0.2, 0) is 28.9 Å². The van der Waals surface area contributed by atoms with Crippen LogP contribution in [0.3, 0.4) is 0 Å². The minimum Gasteiger partial charge on any atom is -0.461 e. The smallest absolute Gasteiger partial charge is 0.410 e. The molecule has 0 saturated carbocycles. The molecule has 53 heavy (non-hydrogen) atoms. The van der Waals surface area contributed by atoms with E-state index in [9.17, 15) is 9.59 Å². The summed E-state index contributed by atoms with van der Waals surface area (Å²) in [4.78, 5) is 44.9. The van der Waals surface area contributed by atoms with Crippen molar-refractivity contribution in [3.8, 4) is 6.01 Å². The van der Waals surface area contributed by atoms with Crippen LogP contribution in [0.4, 0.5) is 21.1 Å². The van der Waals surface area contributed by atoms with E-state index >= 15 is 0 Å². The van der Waals surface area contributed by atoms with Gasteiger partial charge in [-0.3, -0.25) is 9.80 Å². The molecule has 1 aromatic heterocycles. The Kier molecular flexibility index (Phi) is 9.53. The average molecular weight is 726 g/mol. The van der Waals surface area contributed by atoms with Crippen LogP contribution in [0.25, 0.3) is 10.8 Å². The van der Waals surface area contributed by atoms with E-state index in [0.717, 1.165) is 76.0 Å². The summed E-state index contributed by atoms with van der Waals surface area (Å²) in [5.74, 6) is 0.946. The van der Waals surface area contributed by atoms with Gasteiger partial charge in [0.05, 0.1) is 29.9 Å². The molecule has 0 radical (unpaired) electrons. The van der Waals surface area contributed by atoms with E-state index < -0.39 is 11.7 Å². The van der Waals surface area contributed by atoms with E-state index in [1.807, 2.05) is 25.7 Å². The molecule has 0 spiro atoms. The second kappa shape index (κ2) is 14.2. The first-order valence-electron chi connectivity index (χ1n) is 19.7. The van der Waals surface area contributed by atoms with Gasteiger partial charge in [0.2, 0.25) is 0 Å². The number of hydrogen-bond donors (Lipinski definition) is 1. The third-order valence-corrected chi connectivity index (χ3v) is 12.2. The third kappa shape index (κ3) is 6.83. The minimum atomic E-state index is -0.537. The Morgan fingerprint density at radius 2 is 1.75 bits per heavy atom. The van der Waals surface area contributed by atoms with Crippen LogP contribution in [0.5, 0.6) is 6.01 Å². The van der Waals surface area contributed by atoms with Gasteiger partial charge in [0.15, 0.2) is 0 Å². The van der Waals surface area contributed by atoms with Crippen molar-refractivity contribution in [3.05, 3.63) is 53.2 Å². The van der Waals surface area contributed by atoms with Crippen molar-refractivity contribution in [1.29, 1.82) is 0 Å². The molecule has 5 aliphatic rings. The lowest BCUT2D eigenvalue weighted by Crippen LogP contribution is -2.57. The number of hydrogen-bond acceptors (Lipinski definition) is 10. The third-order valence-electron chi connectivity index (χ3n) is 12.2. The first-order valence-corrected chi connectivity index (χ1v) is 19.7. The molecular formula is C41H55N7O5. The van der Waals surface area contributed by atoms with Crippen molar-refractivity contribution in [2.24, 2.45) is 0 Å². The SMILES string of the molecule is CCc1cccc2cccc(N3CCc4c(nc(OC[C@]56CCCN5[C@@H](COC(=O)NC)CC6)nc4N4C[C@H]5CC[C@@H](C4)N5C(=O)OC(C)(C)C)C3)c12. The first-order chi connectivity index (χ1) is 25.6. The molecule has 1 N–H and O–H groups in total. The van der Waals surface area contributed by atoms with Crippen molar-refractivity contribution < 1.29 is 23.8 Å². The van der Waals surface area contributed by atoms with Crippen molar-refractivity contribution in [3.63, 3.8) is 0 Å². The number of ether oxygens (including phenoxy) is 3. The monoisotopic (exact) mass is 725 g/mol.